The first kappa shape index (κ1) is 24.8. The molecule has 7 heteroatoms. The molecule has 0 saturated carbocycles. The highest BCUT2D eigenvalue weighted by Crippen LogP contribution is 2.31. The summed E-state index contributed by atoms with van der Waals surface area (Å²) in [6.45, 7) is 2.65. The van der Waals surface area contributed by atoms with E-state index in [0.717, 1.165) is 33.8 Å². The van der Waals surface area contributed by atoms with Gasteiger partial charge in [-0.25, -0.2) is 9.78 Å². The summed E-state index contributed by atoms with van der Waals surface area (Å²) in [4.78, 5) is 29.8. The van der Waals surface area contributed by atoms with Gasteiger partial charge in [0.15, 0.2) is 0 Å². The van der Waals surface area contributed by atoms with Crippen LogP contribution in [0.15, 0.2) is 103 Å². The minimum Gasteiger partial charge on any atom is -0.480 e. The second-order valence-corrected chi connectivity index (χ2v) is 9.16. The van der Waals surface area contributed by atoms with Crippen LogP contribution in [0.1, 0.15) is 27.0 Å². The Bertz CT molecular complexity index is 1580. The van der Waals surface area contributed by atoms with Crippen molar-refractivity contribution in [1.82, 2.24) is 14.7 Å². The number of hydrogen-bond acceptors (Lipinski definition) is 4. The Kier molecular flexibility index (Phi) is 7.17. The van der Waals surface area contributed by atoms with Gasteiger partial charge < -0.3 is 15.7 Å². The lowest BCUT2D eigenvalue weighted by molar-refractivity contribution is -0.139. The molecule has 0 fully saturated rings. The van der Waals surface area contributed by atoms with Gasteiger partial charge in [0.2, 0.25) is 0 Å². The van der Waals surface area contributed by atoms with Gasteiger partial charge >= 0.3 is 5.97 Å². The van der Waals surface area contributed by atoms with Crippen LogP contribution in [0.5, 0.6) is 0 Å². The van der Waals surface area contributed by atoms with E-state index in [-0.39, 0.29) is 6.42 Å². The topological polar surface area (TPSA) is 95.7 Å². The van der Waals surface area contributed by atoms with Crippen LogP contribution >= 0.6 is 0 Å². The highest BCUT2D eigenvalue weighted by atomic mass is 16.4. The highest BCUT2D eigenvalue weighted by Gasteiger charge is 2.22. The first-order valence-electron chi connectivity index (χ1n) is 12.4. The predicted molar refractivity (Wildman–Crippen MR) is 148 cm³/mol. The van der Waals surface area contributed by atoms with Gasteiger partial charge in [0.1, 0.15) is 23.2 Å². The van der Waals surface area contributed by atoms with Crippen LogP contribution in [0.25, 0.3) is 16.9 Å². The number of imidazole rings is 1. The second kappa shape index (κ2) is 11.0. The number of benzene rings is 3. The largest absolute Gasteiger partial charge is 0.480 e. The maximum atomic E-state index is 13.1. The maximum absolute atomic E-state index is 13.1. The number of carbonyl (C=O) groups excluding carboxylic acids is 1. The molecule has 1 unspecified atom stereocenters. The van der Waals surface area contributed by atoms with Gasteiger partial charge in [-0.15, -0.1) is 0 Å². The SMILES string of the molecule is Cc1ccccc1-c1nc2cc(C(=O)NC(Cc3ccccc3)C(=O)O)ccn2c1NCc1ccccc1. The van der Waals surface area contributed by atoms with Gasteiger partial charge in [0.25, 0.3) is 5.91 Å². The first-order chi connectivity index (χ1) is 18.5. The molecule has 1 atom stereocenters. The molecule has 0 aliphatic carbocycles. The van der Waals surface area contributed by atoms with Crippen molar-refractivity contribution in [2.24, 2.45) is 0 Å². The van der Waals surface area contributed by atoms with Crippen LogP contribution in [-0.4, -0.2) is 32.4 Å². The molecule has 0 spiro atoms. The van der Waals surface area contributed by atoms with E-state index in [2.05, 4.69) is 22.8 Å². The Morgan fingerprint density at radius 2 is 1.55 bits per heavy atom. The van der Waals surface area contributed by atoms with Crippen LogP contribution in [0, 0.1) is 6.92 Å². The summed E-state index contributed by atoms with van der Waals surface area (Å²) in [6, 6.07) is 29.7. The smallest absolute Gasteiger partial charge is 0.326 e. The van der Waals surface area contributed by atoms with Crippen LogP contribution in [0.4, 0.5) is 5.82 Å². The third-order valence-corrected chi connectivity index (χ3v) is 6.48. The number of carbonyl (C=O) groups is 2. The van der Waals surface area contributed by atoms with Gasteiger partial charge in [-0.1, -0.05) is 84.9 Å². The van der Waals surface area contributed by atoms with Gasteiger partial charge in [-0.3, -0.25) is 9.20 Å². The molecule has 3 aromatic carbocycles. The van der Waals surface area contributed by atoms with Crippen molar-refractivity contribution < 1.29 is 14.7 Å². The molecule has 2 heterocycles. The van der Waals surface area contributed by atoms with E-state index < -0.39 is 17.9 Å². The van der Waals surface area contributed by atoms with E-state index in [1.54, 1.807) is 18.3 Å². The molecule has 2 aromatic heterocycles. The lowest BCUT2D eigenvalue weighted by Gasteiger charge is -2.15. The molecule has 0 aliphatic heterocycles. The average Bonchev–Trinajstić information content (AvgIpc) is 3.30. The standard InChI is InChI=1S/C31H28N4O3/c1-21-10-8-9-15-25(21)28-29(32-20-23-13-6-3-7-14-23)35-17-16-24(19-27(35)34-28)30(36)33-26(31(37)38)18-22-11-4-2-5-12-22/h2-17,19,26,32H,18,20H2,1H3,(H,33,36)(H,37,38). The zero-order valence-electron chi connectivity index (χ0n) is 21.0. The molecule has 38 heavy (non-hydrogen) atoms. The van der Waals surface area contributed by atoms with E-state index >= 15 is 0 Å². The lowest BCUT2D eigenvalue weighted by Crippen LogP contribution is -2.42. The number of amides is 1. The van der Waals surface area contributed by atoms with E-state index in [4.69, 9.17) is 4.98 Å². The fraction of sp³-hybridized carbons (Fsp3) is 0.129. The van der Waals surface area contributed by atoms with E-state index in [9.17, 15) is 14.7 Å². The minimum atomic E-state index is -1.08. The Hall–Kier alpha value is -4.91. The first-order valence-corrected chi connectivity index (χ1v) is 12.4. The van der Waals surface area contributed by atoms with Crippen molar-refractivity contribution in [3.8, 4) is 11.3 Å². The van der Waals surface area contributed by atoms with Crippen molar-refractivity contribution in [3.05, 3.63) is 126 Å². The number of pyridine rings is 1. The quantitative estimate of drug-likeness (QED) is 0.252. The van der Waals surface area contributed by atoms with Crippen LogP contribution < -0.4 is 10.6 Å². The predicted octanol–water partition coefficient (Wildman–Crippen LogP) is 5.35. The summed E-state index contributed by atoms with van der Waals surface area (Å²) in [5.41, 5.74) is 5.75. The number of anilines is 1. The number of aliphatic carboxylic acids is 1. The number of carboxylic acids is 1. The van der Waals surface area contributed by atoms with E-state index in [1.807, 2.05) is 84.1 Å². The summed E-state index contributed by atoms with van der Waals surface area (Å²) in [5, 5.41) is 15.9. The molecule has 0 bridgehead atoms. The summed E-state index contributed by atoms with van der Waals surface area (Å²) < 4.78 is 1.92. The van der Waals surface area contributed by atoms with Crippen LogP contribution in [0.3, 0.4) is 0 Å². The molecule has 3 N–H and O–H groups in total. The number of aromatic nitrogens is 2. The Balaban J connectivity index is 1.46. The van der Waals surface area contributed by atoms with Gasteiger partial charge in [0.05, 0.1) is 0 Å². The minimum absolute atomic E-state index is 0.193. The Morgan fingerprint density at radius 3 is 2.24 bits per heavy atom. The molecule has 190 valence electrons. The number of nitrogens with one attached hydrogen (secondary N) is 2. The number of carboxylic acid groups (broad SMARTS) is 1. The fourth-order valence-electron chi connectivity index (χ4n) is 4.45. The van der Waals surface area contributed by atoms with Crippen molar-refractivity contribution >= 4 is 23.3 Å². The van der Waals surface area contributed by atoms with Gasteiger partial charge in [-0.05, 0) is 35.7 Å². The summed E-state index contributed by atoms with van der Waals surface area (Å²) in [5.74, 6) is -0.731. The molecule has 7 nitrogen and oxygen atoms in total. The summed E-state index contributed by atoms with van der Waals surface area (Å²) in [6.07, 6.45) is 1.98. The van der Waals surface area contributed by atoms with Crippen LogP contribution in [0.2, 0.25) is 0 Å². The third-order valence-electron chi connectivity index (χ3n) is 6.48. The number of fused-ring (bicyclic) bond motifs is 1. The molecular weight excluding hydrogens is 476 g/mol. The van der Waals surface area contributed by atoms with E-state index in [1.165, 1.54) is 0 Å². The average molecular weight is 505 g/mol. The molecular formula is C31H28N4O3. The second-order valence-electron chi connectivity index (χ2n) is 9.16. The monoisotopic (exact) mass is 504 g/mol. The normalized spacial score (nSPS) is 11.7. The van der Waals surface area contributed by atoms with Crippen molar-refractivity contribution in [1.29, 1.82) is 0 Å². The molecule has 5 aromatic rings. The molecule has 1 amide bonds. The number of rotatable bonds is 9. The van der Waals surface area contributed by atoms with Crippen LogP contribution in [-0.2, 0) is 17.8 Å². The number of hydrogen-bond donors (Lipinski definition) is 3. The summed E-state index contributed by atoms with van der Waals surface area (Å²) >= 11 is 0. The Labute approximate surface area is 220 Å². The molecule has 0 radical (unpaired) electrons. The Morgan fingerprint density at radius 1 is 0.895 bits per heavy atom. The molecule has 0 saturated heterocycles. The third kappa shape index (κ3) is 5.42. The zero-order chi connectivity index (χ0) is 26.5. The van der Waals surface area contributed by atoms with E-state index in [0.29, 0.717) is 17.8 Å². The van der Waals surface area contributed by atoms with Gasteiger partial charge in [0, 0.05) is 30.3 Å². The lowest BCUT2D eigenvalue weighted by atomic mass is 10.1. The maximum Gasteiger partial charge on any atom is 0.326 e. The molecule has 5 rings (SSSR count). The number of aryl methyl sites for hydroxylation is 1. The van der Waals surface area contributed by atoms with Crippen molar-refractivity contribution in [3.63, 3.8) is 0 Å². The molecule has 0 aliphatic rings. The zero-order valence-corrected chi connectivity index (χ0v) is 21.0. The van der Waals surface area contributed by atoms with Crippen molar-refractivity contribution in [2.45, 2.75) is 25.9 Å². The van der Waals surface area contributed by atoms with Gasteiger partial charge in [-0.2, -0.15) is 0 Å². The van der Waals surface area contributed by atoms with Crippen molar-refractivity contribution in [2.75, 3.05) is 5.32 Å². The number of nitrogens with zero attached hydrogens (tertiary/aromatic N) is 2. The summed E-state index contributed by atoms with van der Waals surface area (Å²) in [7, 11) is 0. The highest BCUT2D eigenvalue weighted by molar-refractivity contribution is 5.97. The fourth-order valence-corrected chi connectivity index (χ4v) is 4.45.